The second-order valence-electron chi connectivity index (χ2n) is 5.44. The Morgan fingerprint density at radius 1 is 1.33 bits per heavy atom. The van der Waals surface area contributed by atoms with Crippen LogP contribution in [0.25, 0.3) is 0 Å². The quantitative estimate of drug-likeness (QED) is 0.546. The molecule has 24 heavy (non-hydrogen) atoms. The predicted octanol–water partition coefficient (Wildman–Crippen LogP) is -0.530. The summed E-state index contributed by atoms with van der Waals surface area (Å²) in [5.74, 6) is -0.615. The monoisotopic (exact) mass is 330 g/mol. The Kier molecular flexibility index (Phi) is 4.07. The van der Waals surface area contributed by atoms with Gasteiger partial charge in [-0.3, -0.25) is 19.6 Å². The molecule has 0 aromatic carbocycles. The fraction of sp³-hybridized carbons (Fsp3) is 0.333. The van der Waals surface area contributed by atoms with Crippen LogP contribution in [0.5, 0.6) is 0 Å². The van der Waals surface area contributed by atoms with Gasteiger partial charge in [0, 0.05) is 32.1 Å². The van der Waals surface area contributed by atoms with Crippen molar-refractivity contribution in [2.45, 2.75) is 12.6 Å². The molecule has 1 fully saturated rings. The highest BCUT2D eigenvalue weighted by Crippen LogP contribution is 2.16. The molecule has 9 heteroatoms. The molecule has 3 amide bonds. The van der Waals surface area contributed by atoms with Crippen molar-refractivity contribution in [1.82, 2.24) is 14.8 Å². The highest BCUT2D eigenvalue weighted by atomic mass is 16.5. The fourth-order valence-corrected chi connectivity index (χ4v) is 2.52. The molecule has 0 saturated carbocycles. The maximum absolute atomic E-state index is 12.3. The number of nitrogens with zero attached hydrogens (tertiary/aromatic N) is 5. The van der Waals surface area contributed by atoms with Gasteiger partial charge in [0.25, 0.3) is 24.1 Å². The van der Waals surface area contributed by atoms with Gasteiger partial charge < -0.3 is 4.74 Å². The zero-order valence-corrected chi connectivity index (χ0v) is 13.2. The molecule has 1 unspecified atom stereocenters. The number of carbonyl (C=O) groups is 3. The summed E-state index contributed by atoms with van der Waals surface area (Å²) in [6.07, 6.45) is 4.62. The van der Waals surface area contributed by atoms with E-state index in [9.17, 15) is 14.4 Å². The van der Waals surface area contributed by atoms with Crippen LogP contribution in [-0.4, -0.2) is 76.1 Å². The van der Waals surface area contributed by atoms with Crippen LogP contribution >= 0.6 is 0 Å². The van der Waals surface area contributed by atoms with E-state index < -0.39 is 23.9 Å². The van der Waals surface area contributed by atoms with Crippen molar-refractivity contribution >= 4 is 30.1 Å². The van der Waals surface area contributed by atoms with E-state index in [1.165, 1.54) is 29.9 Å². The van der Waals surface area contributed by atoms with Crippen LogP contribution in [0, 0.1) is 0 Å². The topological polar surface area (TPSA) is 95.2 Å². The Morgan fingerprint density at radius 2 is 2.12 bits per heavy atom. The van der Waals surface area contributed by atoms with Crippen LogP contribution in [0.3, 0.4) is 0 Å². The van der Waals surface area contributed by atoms with E-state index in [0.29, 0.717) is 5.84 Å². The number of amidine groups is 1. The highest BCUT2D eigenvalue weighted by Gasteiger charge is 2.50. The first-order valence-corrected chi connectivity index (χ1v) is 7.25. The molecular formula is C15H16N5O4+. The van der Waals surface area contributed by atoms with Gasteiger partial charge in [0.2, 0.25) is 0 Å². The number of aromatic nitrogens is 1. The molecule has 0 radical (unpaired) electrons. The number of rotatable bonds is 4. The second-order valence-corrected chi connectivity index (χ2v) is 5.44. The lowest BCUT2D eigenvalue weighted by Crippen LogP contribution is -2.61. The van der Waals surface area contributed by atoms with Gasteiger partial charge in [-0.05, 0) is 11.1 Å². The standard InChI is InChI=1S/C15H16N5O4/c1-18-13-12(14(22)19(2)15(18)23)20(9-17-13)7-11(21)24-8-10-4-3-5-16-6-10/h3-6,9,12H,7-8H2,1-2H3/q+1. The first-order chi connectivity index (χ1) is 11.5. The van der Waals surface area contributed by atoms with Gasteiger partial charge in [-0.15, -0.1) is 0 Å². The lowest BCUT2D eigenvalue weighted by molar-refractivity contribution is -0.521. The van der Waals surface area contributed by atoms with E-state index in [4.69, 9.17) is 4.74 Å². The number of aliphatic imine (C=N–C) groups is 1. The zero-order valence-electron chi connectivity index (χ0n) is 13.2. The normalized spacial score (nSPS) is 19.8. The molecule has 0 bridgehead atoms. The maximum Gasteiger partial charge on any atom is 0.348 e. The highest BCUT2D eigenvalue weighted by molar-refractivity contribution is 6.21. The van der Waals surface area contributed by atoms with Gasteiger partial charge in [0.05, 0.1) is 0 Å². The Labute approximate surface area is 137 Å². The lowest BCUT2D eigenvalue weighted by atomic mass is 10.1. The van der Waals surface area contributed by atoms with Crippen LogP contribution in [0.15, 0.2) is 29.5 Å². The minimum Gasteiger partial charge on any atom is -0.458 e. The van der Waals surface area contributed by atoms with E-state index in [0.717, 1.165) is 10.5 Å². The Bertz CT molecular complexity index is 758. The van der Waals surface area contributed by atoms with Gasteiger partial charge in [-0.25, -0.2) is 14.2 Å². The van der Waals surface area contributed by atoms with Crippen molar-refractivity contribution < 1.29 is 23.7 Å². The Morgan fingerprint density at radius 3 is 2.83 bits per heavy atom. The third kappa shape index (κ3) is 2.75. The lowest BCUT2D eigenvalue weighted by Gasteiger charge is -2.30. The summed E-state index contributed by atoms with van der Waals surface area (Å²) < 4.78 is 6.64. The maximum atomic E-state index is 12.3. The van der Waals surface area contributed by atoms with Crippen molar-refractivity contribution in [1.29, 1.82) is 0 Å². The summed E-state index contributed by atoms with van der Waals surface area (Å²) in [5.41, 5.74) is 0.770. The number of likely N-dealkylation sites (N-methyl/N-ethyl adjacent to an activating group) is 2. The number of carbonyl (C=O) groups excluding carboxylic acids is 3. The Hall–Kier alpha value is -3.10. The number of fused-ring (bicyclic) bond motifs is 1. The molecule has 2 aliphatic heterocycles. The number of esters is 1. The third-order valence-corrected chi connectivity index (χ3v) is 3.83. The molecule has 0 aliphatic carbocycles. The van der Waals surface area contributed by atoms with Gasteiger partial charge in [-0.1, -0.05) is 6.07 Å². The second kappa shape index (κ2) is 6.19. The fourth-order valence-electron chi connectivity index (χ4n) is 2.52. The summed E-state index contributed by atoms with van der Waals surface area (Å²) >= 11 is 0. The third-order valence-electron chi connectivity index (χ3n) is 3.83. The first kappa shape index (κ1) is 15.8. The molecule has 0 spiro atoms. The average molecular weight is 330 g/mol. The van der Waals surface area contributed by atoms with Gasteiger partial charge >= 0.3 is 12.0 Å². The molecule has 1 aromatic heterocycles. The molecule has 1 saturated heterocycles. The Balaban J connectivity index is 1.63. The van der Waals surface area contributed by atoms with Crippen LogP contribution in [-0.2, 0) is 20.9 Å². The van der Waals surface area contributed by atoms with Gasteiger partial charge in [-0.2, -0.15) is 0 Å². The molecule has 3 heterocycles. The number of imide groups is 1. The number of hydrogen-bond acceptors (Lipinski definition) is 6. The number of pyridine rings is 1. The molecule has 9 nitrogen and oxygen atoms in total. The first-order valence-electron chi connectivity index (χ1n) is 7.25. The van der Waals surface area contributed by atoms with E-state index in [1.807, 2.05) is 0 Å². The van der Waals surface area contributed by atoms with E-state index in [-0.39, 0.29) is 13.2 Å². The molecule has 1 atom stereocenters. The molecule has 0 N–H and O–H groups in total. The molecule has 3 rings (SSSR count). The van der Waals surface area contributed by atoms with Crippen LogP contribution < -0.4 is 0 Å². The smallest absolute Gasteiger partial charge is 0.348 e. The summed E-state index contributed by atoms with van der Waals surface area (Å²) in [6.45, 7) is -0.0370. The van der Waals surface area contributed by atoms with E-state index >= 15 is 0 Å². The number of ether oxygens (including phenoxy) is 1. The van der Waals surface area contributed by atoms with Crippen LogP contribution in [0.4, 0.5) is 4.79 Å². The molecule has 124 valence electrons. The summed E-state index contributed by atoms with van der Waals surface area (Å²) in [4.78, 5) is 46.5. The number of hydrogen-bond donors (Lipinski definition) is 0. The van der Waals surface area contributed by atoms with Crippen molar-refractivity contribution in [2.75, 3.05) is 20.6 Å². The summed E-state index contributed by atoms with van der Waals surface area (Å²) in [6, 6.07) is 2.30. The minimum absolute atomic E-state index is 0.102. The van der Waals surface area contributed by atoms with Crippen LogP contribution in [0.1, 0.15) is 5.56 Å². The van der Waals surface area contributed by atoms with Crippen molar-refractivity contribution in [3.05, 3.63) is 30.1 Å². The number of amides is 3. The molecule has 1 aromatic rings. The minimum atomic E-state index is -0.788. The van der Waals surface area contributed by atoms with Gasteiger partial charge in [0.15, 0.2) is 6.54 Å². The SMILES string of the molecule is CN1C(=O)C2C(=NC=[N+]2CC(=O)OCc2cccnc2)N(C)C1=O. The largest absolute Gasteiger partial charge is 0.458 e. The molecule has 2 aliphatic rings. The zero-order chi connectivity index (χ0) is 17.3. The summed E-state index contributed by atoms with van der Waals surface area (Å²) in [7, 11) is 2.93. The van der Waals surface area contributed by atoms with Crippen molar-refractivity contribution in [3.8, 4) is 0 Å². The van der Waals surface area contributed by atoms with E-state index in [2.05, 4.69) is 9.98 Å². The van der Waals surface area contributed by atoms with Crippen molar-refractivity contribution in [3.63, 3.8) is 0 Å². The predicted molar refractivity (Wildman–Crippen MR) is 82.4 cm³/mol. The van der Waals surface area contributed by atoms with Crippen LogP contribution in [0.2, 0.25) is 0 Å². The van der Waals surface area contributed by atoms with Crippen molar-refractivity contribution in [2.24, 2.45) is 4.99 Å². The molecular weight excluding hydrogens is 314 g/mol. The van der Waals surface area contributed by atoms with Gasteiger partial charge in [0.1, 0.15) is 6.61 Å². The summed E-state index contributed by atoms with van der Waals surface area (Å²) in [5, 5.41) is 0. The average Bonchev–Trinajstić information content (AvgIpc) is 3.01. The van der Waals surface area contributed by atoms with E-state index in [1.54, 1.807) is 24.5 Å². The number of urea groups is 1.